The topological polar surface area (TPSA) is 99.2 Å². The molecule has 1 aliphatic heterocycles. The lowest BCUT2D eigenvalue weighted by atomic mass is 10.2. The Balaban J connectivity index is 2.07. The molecule has 2 N–H and O–H groups in total. The SMILES string of the molecule is CC(C)(C)OC(=O)N1CCN(c2cccc(NS(=O)(=O)CCl)c2O)CC1. The molecule has 1 saturated heterocycles. The fourth-order valence-electron chi connectivity index (χ4n) is 2.52. The lowest BCUT2D eigenvalue weighted by Gasteiger charge is -2.37. The van der Waals surface area contributed by atoms with Crippen LogP contribution in [0, 0.1) is 0 Å². The smallest absolute Gasteiger partial charge is 0.410 e. The number of nitrogens with one attached hydrogen (secondary N) is 1. The molecule has 1 fully saturated rings. The van der Waals surface area contributed by atoms with Crippen LogP contribution in [0.5, 0.6) is 5.75 Å². The van der Waals surface area contributed by atoms with E-state index in [0.717, 1.165) is 0 Å². The number of hydrogen-bond donors (Lipinski definition) is 2. The summed E-state index contributed by atoms with van der Waals surface area (Å²) in [6.45, 7) is 7.28. The largest absolute Gasteiger partial charge is 0.504 e. The first-order valence-electron chi connectivity index (χ1n) is 8.14. The van der Waals surface area contributed by atoms with Crippen LogP contribution < -0.4 is 9.62 Å². The van der Waals surface area contributed by atoms with Crippen LogP contribution in [0.2, 0.25) is 0 Å². The molecule has 0 aliphatic carbocycles. The molecule has 1 aromatic carbocycles. The zero-order chi connectivity index (χ0) is 19.5. The number of rotatable bonds is 4. The van der Waals surface area contributed by atoms with Gasteiger partial charge < -0.3 is 19.6 Å². The molecule has 26 heavy (non-hydrogen) atoms. The van der Waals surface area contributed by atoms with E-state index in [2.05, 4.69) is 4.72 Å². The van der Waals surface area contributed by atoms with Gasteiger partial charge in [-0.25, -0.2) is 13.2 Å². The number of alkyl halides is 1. The number of sulfonamides is 1. The van der Waals surface area contributed by atoms with Crippen LogP contribution >= 0.6 is 11.6 Å². The van der Waals surface area contributed by atoms with Gasteiger partial charge in [-0.05, 0) is 32.9 Å². The zero-order valence-electron chi connectivity index (χ0n) is 15.0. The van der Waals surface area contributed by atoms with Gasteiger partial charge in [0, 0.05) is 26.2 Å². The summed E-state index contributed by atoms with van der Waals surface area (Å²) in [4.78, 5) is 15.6. The van der Waals surface area contributed by atoms with E-state index in [4.69, 9.17) is 16.3 Å². The minimum atomic E-state index is -3.71. The molecule has 10 heteroatoms. The van der Waals surface area contributed by atoms with Crippen molar-refractivity contribution >= 4 is 39.1 Å². The van der Waals surface area contributed by atoms with Crippen LogP contribution in [0.15, 0.2) is 18.2 Å². The van der Waals surface area contributed by atoms with Crippen LogP contribution in [0.25, 0.3) is 0 Å². The van der Waals surface area contributed by atoms with Gasteiger partial charge in [0.05, 0.1) is 11.4 Å². The van der Waals surface area contributed by atoms with Crippen molar-refractivity contribution in [3.05, 3.63) is 18.2 Å². The molecule has 0 aromatic heterocycles. The van der Waals surface area contributed by atoms with Gasteiger partial charge in [0.2, 0.25) is 10.0 Å². The first-order chi connectivity index (χ1) is 12.0. The number of phenolic OH excluding ortho intramolecular Hbond substituents is 1. The number of para-hydroxylation sites is 1. The number of aromatic hydroxyl groups is 1. The summed E-state index contributed by atoms with van der Waals surface area (Å²) < 4.78 is 30.8. The molecule has 0 saturated carbocycles. The quantitative estimate of drug-likeness (QED) is 0.589. The van der Waals surface area contributed by atoms with Crippen molar-refractivity contribution in [2.24, 2.45) is 0 Å². The molecule has 1 amide bonds. The standard InChI is InChI=1S/C16H24ClN3O5S/c1-16(2,3)25-15(22)20-9-7-19(8-10-20)13-6-4-5-12(14(13)21)18-26(23,24)11-17/h4-6,18,21H,7-11H2,1-3H3. The molecule has 146 valence electrons. The van der Waals surface area contributed by atoms with Crippen LogP contribution in [0.4, 0.5) is 16.2 Å². The van der Waals surface area contributed by atoms with Gasteiger partial charge in [0.15, 0.2) is 5.75 Å². The summed E-state index contributed by atoms with van der Waals surface area (Å²) >= 11 is 5.38. The Morgan fingerprint density at radius 3 is 2.42 bits per heavy atom. The fraction of sp³-hybridized carbons (Fsp3) is 0.562. The molecule has 1 aliphatic rings. The Morgan fingerprint density at radius 2 is 1.88 bits per heavy atom. The first kappa shape index (κ1) is 20.4. The zero-order valence-corrected chi connectivity index (χ0v) is 16.6. The number of halogens is 1. The number of hydrogen-bond acceptors (Lipinski definition) is 6. The predicted molar refractivity (Wildman–Crippen MR) is 101 cm³/mol. The first-order valence-corrected chi connectivity index (χ1v) is 10.3. The maximum atomic E-state index is 12.1. The molecule has 2 rings (SSSR count). The van der Waals surface area contributed by atoms with E-state index in [9.17, 15) is 18.3 Å². The minimum Gasteiger partial charge on any atom is -0.504 e. The molecule has 0 bridgehead atoms. The third-order valence-corrected chi connectivity index (χ3v) is 5.38. The second-order valence-electron chi connectivity index (χ2n) is 6.95. The number of benzene rings is 1. The van der Waals surface area contributed by atoms with Gasteiger partial charge >= 0.3 is 6.09 Å². The van der Waals surface area contributed by atoms with Crippen molar-refractivity contribution in [2.45, 2.75) is 26.4 Å². The number of anilines is 2. The monoisotopic (exact) mass is 405 g/mol. The summed E-state index contributed by atoms with van der Waals surface area (Å²) in [7, 11) is -3.71. The van der Waals surface area contributed by atoms with Gasteiger partial charge in [0.1, 0.15) is 10.8 Å². The van der Waals surface area contributed by atoms with E-state index in [1.807, 2.05) is 25.7 Å². The van der Waals surface area contributed by atoms with Crippen molar-refractivity contribution in [2.75, 3.05) is 41.0 Å². The Hall–Kier alpha value is -1.87. The van der Waals surface area contributed by atoms with E-state index in [1.165, 1.54) is 6.07 Å². The molecular formula is C16H24ClN3O5S. The van der Waals surface area contributed by atoms with Crippen molar-refractivity contribution < 1.29 is 23.1 Å². The van der Waals surface area contributed by atoms with E-state index in [-0.39, 0.29) is 17.5 Å². The number of nitrogens with zero attached hydrogens (tertiary/aromatic N) is 2. The number of phenols is 1. The predicted octanol–water partition coefficient (Wildman–Crippen LogP) is 2.39. The lowest BCUT2D eigenvalue weighted by molar-refractivity contribution is 0.0240. The van der Waals surface area contributed by atoms with Crippen LogP contribution in [0.1, 0.15) is 20.8 Å². The van der Waals surface area contributed by atoms with E-state index >= 15 is 0 Å². The third-order valence-electron chi connectivity index (χ3n) is 3.70. The summed E-state index contributed by atoms with van der Waals surface area (Å²) in [5.41, 5.74) is 0.00163. The average molecular weight is 406 g/mol. The second kappa shape index (κ2) is 7.79. The molecule has 0 unspecified atom stereocenters. The van der Waals surface area contributed by atoms with E-state index in [1.54, 1.807) is 17.0 Å². The minimum absolute atomic E-state index is 0.0673. The molecule has 0 radical (unpaired) electrons. The number of piperazine rings is 1. The molecular weight excluding hydrogens is 382 g/mol. The maximum absolute atomic E-state index is 12.1. The van der Waals surface area contributed by atoms with Crippen molar-refractivity contribution in [1.82, 2.24) is 4.90 Å². The Bertz CT molecular complexity index is 756. The van der Waals surface area contributed by atoms with Crippen molar-refractivity contribution in [1.29, 1.82) is 0 Å². The highest BCUT2D eigenvalue weighted by atomic mass is 35.5. The van der Waals surface area contributed by atoms with Gasteiger partial charge in [-0.3, -0.25) is 4.72 Å². The van der Waals surface area contributed by atoms with Crippen LogP contribution in [0.3, 0.4) is 0 Å². The normalized spacial score (nSPS) is 15.7. The fourth-order valence-corrected chi connectivity index (χ4v) is 3.24. The number of amides is 1. The van der Waals surface area contributed by atoms with Gasteiger partial charge in [-0.2, -0.15) is 0 Å². The lowest BCUT2D eigenvalue weighted by Crippen LogP contribution is -2.50. The molecule has 1 heterocycles. The van der Waals surface area contributed by atoms with Crippen molar-refractivity contribution in [3.63, 3.8) is 0 Å². The summed E-state index contributed by atoms with van der Waals surface area (Å²) in [5, 5.41) is 9.80. The second-order valence-corrected chi connectivity index (χ2v) is 9.26. The summed E-state index contributed by atoms with van der Waals surface area (Å²) in [6.07, 6.45) is -0.370. The third kappa shape index (κ3) is 5.31. The van der Waals surface area contributed by atoms with Gasteiger partial charge in [0.25, 0.3) is 0 Å². The number of carbonyl (C=O) groups is 1. The number of ether oxygens (including phenoxy) is 1. The molecule has 1 aromatic rings. The highest BCUT2D eigenvalue weighted by molar-refractivity contribution is 7.93. The van der Waals surface area contributed by atoms with Crippen molar-refractivity contribution in [3.8, 4) is 5.75 Å². The highest BCUT2D eigenvalue weighted by Crippen LogP contribution is 2.35. The summed E-state index contributed by atoms with van der Waals surface area (Å²) in [6, 6.07) is 4.79. The Kier molecular flexibility index (Phi) is 6.13. The van der Waals surface area contributed by atoms with Crippen LogP contribution in [-0.4, -0.2) is 61.5 Å². The van der Waals surface area contributed by atoms with Gasteiger partial charge in [-0.15, -0.1) is 11.6 Å². The molecule has 0 atom stereocenters. The van der Waals surface area contributed by atoms with E-state index < -0.39 is 20.8 Å². The molecule has 0 spiro atoms. The maximum Gasteiger partial charge on any atom is 0.410 e. The van der Waals surface area contributed by atoms with E-state index in [0.29, 0.717) is 31.9 Å². The number of carbonyl (C=O) groups excluding carboxylic acids is 1. The highest BCUT2D eigenvalue weighted by Gasteiger charge is 2.27. The van der Waals surface area contributed by atoms with Crippen LogP contribution in [-0.2, 0) is 14.8 Å². The molecule has 8 nitrogen and oxygen atoms in total. The average Bonchev–Trinajstić information content (AvgIpc) is 2.55. The Morgan fingerprint density at radius 1 is 1.27 bits per heavy atom. The van der Waals surface area contributed by atoms with Gasteiger partial charge in [-0.1, -0.05) is 6.07 Å². The summed E-state index contributed by atoms with van der Waals surface area (Å²) in [5.74, 6) is -0.174. The Labute approximate surface area is 158 Å².